The van der Waals surface area contributed by atoms with Gasteiger partial charge in [0.15, 0.2) is 0 Å². The molecule has 1 aliphatic rings. The molecule has 5 nitrogen and oxygen atoms in total. The lowest BCUT2D eigenvalue weighted by Crippen LogP contribution is -2.54. The summed E-state index contributed by atoms with van der Waals surface area (Å²) >= 11 is 0. The minimum Gasteiger partial charge on any atom is -0.273 e. The van der Waals surface area contributed by atoms with Crippen LogP contribution in [0.15, 0.2) is 60.2 Å². The van der Waals surface area contributed by atoms with Crippen molar-refractivity contribution in [3.05, 3.63) is 71.3 Å². The second-order valence-electron chi connectivity index (χ2n) is 5.20. The van der Waals surface area contributed by atoms with Crippen LogP contribution in [-0.4, -0.2) is 17.8 Å². The summed E-state index contributed by atoms with van der Waals surface area (Å²) in [5, 5.41) is 2.20. The highest BCUT2D eigenvalue weighted by Crippen LogP contribution is 2.21. The first-order chi connectivity index (χ1) is 11.1. The highest BCUT2D eigenvalue weighted by molar-refractivity contribution is 6.39. The number of aryl methyl sites for hydroxylation is 1. The third-order valence-corrected chi connectivity index (χ3v) is 3.50. The number of nitrogens with zero attached hydrogens (tertiary/aromatic N) is 1. The Morgan fingerprint density at radius 2 is 1.57 bits per heavy atom. The number of carbonyl (C=O) groups excluding carboxylic acids is 3. The van der Waals surface area contributed by atoms with Gasteiger partial charge in [-0.3, -0.25) is 14.9 Å². The Morgan fingerprint density at radius 3 is 2.22 bits per heavy atom. The number of imide groups is 2. The number of urea groups is 1. The number of rotatable bonds is 2. The van der Waals surface area contributed by atoms with E-state index >= 15 is 0 Å². The van der Waals surface area contributed by atoms with Crippen molar-refractivity contribution in [1.82, 2.24) is 5.32 Å². The summed E-state index contributed by atoms with van der Waals surface area (Å²) in [5.41, 5.74) is 2.14. The molecule has 0 bridgehead atoms. The van der Waals surface area contributed by atoms with E-state index in [4.69, 9.17) is 0 Å². The quantitative estimate of drug-likeness (QED) is 0.685. The molecule has 2 aromatic carbocycles. The second kappa shape index (κ2) is 5.88. The highest BCUT2D eigenvalue weighted by Gasteiger charge is 2.36. The number of anilines is 1. The minimum absolute atomic E-state index is 0.0719. The number of para-hydroxylation sites is 1. The molecular formula is C18H14N2O3. The molecule has 1 aliphatic heterocycles. The van der Waals surface area contributed by atoms with Gasteiger partial charge in [-0.15, -0.1) is 0 Å². The standard InChI is InChI=1S/C18H14N2O3/c1-12-7-9-13(10-8-12)11-15-16(21)19-18(23)20(17(15)22)14-5-3-2-4-6-14/h2-11H,1H3,(H,19,21,23)/b15-11+. The Bertz CT molecular complexity index is 808. The van der Waals surface area contributed by atoms with Crippen LogP contribution < -0.4 is 10.2 Å². The third kappa shape index (κ3) is 2.89. The third-order valence-electron chi connectivity index (χ3n) is 3.50. The Labute approximate surface area is 133 Å². The van der Waals surface area contributed by atoms with Crippen molar-refractivity contribution in [1.29, 1.82) is 0 Å². The van der Waals surface area contributed by atoms with Crippen LogP contribution in [0.5, 0.6) is 0 Å². The molecule has 3 rings (SSSR count). The van der Waals surface area contributed by atoms with Gasteiger partial charge in [0.2, 0.25) is 0 Å². The topological polar surface area (TPSA) is 66.5 Å². The van der Waals surface area contributed by atoms with E-state index in [1.807, 2.05) is 31.2 Å². The van der Waals surface area contributed by atoms with Crippen LogP contribution in [0, 0.1) is 6.92 Å². The van der Waals surface area contributed by atoms with E-state index in [-0.39, 0.29) is 5.57 Å². The number of benzene rings is 2. The average Bonchev–Trinajstić information content (AvgIpc) is 2.54. The summed E-state index contributed by atoms with van der Waals surface area (Å²) in [6.07, 6.45) is 1.49. The molecule has 0 spiro atoms. The van der Waals surface area contributed by atoms with Gasteiger partial charge in [0, 0.05) is 0 Å². The number of carbonyl (C=O) groups is 3. The van der Waals surface area contributed by atoms with Crippen molar-refractivity contribution >= 4 is 29.6 Å². The van der Waals surface area contributed by atoms with Crippen LogP contribution in [0.2, 0.25) is 0 Å². The van der Waals surface area contributed by atoms with Gasteiger partial charge in [-0.05, 0) is 30.7 Å². The van der Waals surface area contributed by atoms with E-state index in [0.29, 0.717) is 5.69 Å². The fraction of sp³-hybridized carbons (Fsp3) is 0.0556. The van der Waals surface area contributed by atoms with Gasteiger partial charge in [0.1, 0.15) is 5.57 Å². The molecule has 2 aromatic rings. The van der Waals surface area contributed by atoms with E-state index in [1.54, 1.807) is 30.3 Å². The molecule has 0 unspecified atom stereocenters. The summed E-state index contributed by atoms with van der Waals surface area (Å²) < 4.78 is 0. The van der Waals surface area contributed by atoms with Crippen molar-refractivity contribution < 1.29 is 14.4 Å². The van der Waals surface area contributed by atoms with E-state index in [2.05, 4.69) is 5.32 Å². The molecular weight excluding hydrogens is 292 g/mol. The van der Waals surface area contributed by atoms with Crippen molar-refractivity contribution in [2.24, 2.45) is 0 Å². The zero-order valence-corrected chi connectivity index (χ0v) is 12.4. The average molecular weight is 306 g/mol. The molecule has 1 fully saturated rings. The van der Waals surface area contributed by atoms with Gasteiger partial charge in [-0.25, -0.2) is 9.69 Å². The first kappa shape index (κ1) is 14.7. The molecule has 114 valence electrons. The smallest absolute Gasteiger partial charge is 0.273 e. The molecule has 0 aromatic heterocycles. The summed E-state index contributed by atoms with van der Waals surface area (Å²) in [7, 11) is 0. The first-order valence-corrected chi connectivity index (χ1v) is 7.09. The Hall–Kier alpha value is -3.21. The van der Waals surface area contributed by atoms with Crippen LogP contribution in [-0.2, 0) is 9.59 Å². The molecule has 0 saturated carbocycles. The largest absolute Gasteiger partial charge is 0.335 e. The van der Waals surface area contributed by atoms with Crippen molar-refractivity contribution in [2.45, 2.75) is 6.92 Å². The van der Waals surface area contributed by atoms with Crippen LogP contribution in [0.3, 0.4) is 0 Å². The fourth-order valence-electron chi connectivity index (χ4n) is 2.30. The zero-order valence-electron chi connectivity index (χ0n) is 12.4. The van der Waals surface area contributed by atoms with Gasteiger partial charge in [0.25, 0.3) is 11.8 Å². The Kier molecular flexibility index (Phi) is 3.76. The van der Waals surface area contributed by atoms with Crippen LogP contribution in [0.25, 0.3) is 6.08 Å². The maximum absolute atomic E-state index is 12.6. The van der Waals surface area contributed by atoms with Gasteiger partial charge >= 0.3 is 6.03 Å². The second-order valence-corrected chi connectivity index (χ2v) is 5.20. The van der Waals surface area contributed by atoms with Crippen molar-refractivity contribution in [3.63, 3.8) is 0 Å². The van der Waals surface area contributed by atoms with E-state index in [1.165, 1.54) is 6.08 Å². The normalized spacial score (nSPS) is 16.7. The van der Waals surface area contributed by atoms with Crippen molar-refractivity contribution in [3.8, 4) is 0 Å². The molecule has 0 radical (unpaired) electrons. The molecule has 0 aliphatic carbocycles. The van der Waals surface area contributed by atoms with Gasteiger partial charge in [0.05, 0.1) is 5.69 Å². The fourth-order valence-corrected chi connectivity index (χ4v) is 2.30. The maximum Gasteiger partial charge on any atom is 0.335 e. The summed E-state index contributed by atoms with van der Waals surface area (Å²) in [5.74, 6) is -1.32. The van der Waals surface area contributed by atoms with Crippen LogP contribution in [0.4, 0.5) is 10.5 Å². The predicted molar refractivity (Wildman–Crippen MR) is 86.6 cm³/mol. The lowest BCUT2D eigenvalue weighted by molar-refractivity contribution is -0.122. The summed E-state index contributed by atoms with van der Waals surface area (Å²) in [6.45, 7) is 1.95. The lowest BCUT2D eigenvalue weighted by Gasteiger charge is -2.26. The number of hydrogen-bond acceptors (Lipinski definition) is 3. The molecule has 1 heterocycles. The SMILES string of the molecule is Cc1ccc(/C=C2\C(=O)NC(=O)N(c3ccccc3)C2=O)cc1. The molecule has 23 heavy (non-hydrogen) atoms. The Morgan fingerprint density at radius 1 is 0.913 bits per heavy atom. The Balaban J connectivity index is 2.00. The molecule has 1 saturated heterocycles. The number of hydrogen-bond donors (Lipinski definition) is 1. The van der Waals surface area contributed by atoms with Crippen molar-refractivity contribution in [2.75, 3.05) is 4.90 Å². The van der Waals surface area contributed by atoms with Crippen LogP contribution in [0.1, 0.15) is 11.1 Å². The van der Waals surface area contributed by atoms with Crippen LogP contribution >= 0.6 is 0 Å². The number of amides is 4. The minimum atomic E-state index is -0.743. The molecule has 0 atom stereocenters. The van der Waals surface area contributed by atoms with E-state index in [0.717, 1.165) is 16.0 Å². The van der Waals surface area contributed by atoms with E-state index < -0.39 is 17.8 Å². The highest BCUT2D eigenvalue weighted by atomic mass is 16.2. The van der Waals surface area contributed by atoms with E-state index in [9.17, 15) is 14.4 Å². The van der Waals surface area contributed by atoms with Gasteiger partial charge in [-0.1, -0.05) is 48.0 Å². The van der Waals surface area contributed by atoms with Gasteiger partial charge < -0.3 is 0 Å². The predicted octanol–water partition coefficient (Wildman–Crippen LogP) is 2.66. The number of nitrogens with one attached hydrogen (secondary N) is 1. The maximum atomic E-state index is 12.6. The monoisotopic (exact) mass is 306 g/mol. The summed E-state index contributed by atoms with van der Waals surface area (Å²) in [6, 6.07) is 15.1. The molecule has 1 N–H and O–H groups in total. The number of barbiturate groups is 1. The van der Waals surface area contributed by atoms with Gasteiger partial charge in [-0.2, -0.15) is 0 Å². The summed E-state index contributed by atoms with van der Waals surface area (Å²) in [4.78, 5) is 37.6. The molecule has 5 heteroatoms. The lowest BCUT2D eigenvalue weighted by atomic mass is 10.1. The zero-order chi connectivity index (χ0) is 16.4. The first-order valence-electron chi connectivity index (χ1n) is 7.09. The molecule has 4 amide bonds.